The highest BCUT2D eigenvalue weighted by atomic mass is 79.9. The molecule has 0 aliphatic rings. The third-order valence-electron chi connectivity index (χ3n) is 2.25. The van der Waals surface area contributed by atoms with Crippen molar-refractivity contribution in [2.45, 2.75) is 37.2 Å². The first-order valence-corrected chi connectivity index (χ1v) is 6.36. The number of aliphatic hydroxyl groups is 1. The van der Waals surface area contributed by atoms with Crippen LogP contribution in [0.2, 0.25) is 0 Å². The Morgan fingerprint density at radius 2 is 2.13 bits per heavy atom. The largest absolute Gasteiger partial charge is 0.397 e. The van der Waals surface area contributed by atoms with E-state index >= 15 is 0 Å². The van der Waals surface area contributed by atoms with Gasteiger partial charge in [-0.15, -0.1) is 0 Å². The summed E-state index contributed by atoms with van der Waals surface area (Å²) in [7, 11) is 0. The highest BCUT2D eigenvalue weighted by Gasteiger charge is 2.15. The molecule has 1 rings (SSSR count). The molecule has 0 radical (unpaired) electrons. The van der Waals surface area contributed by atoms with Gasteiger partial charge in [0, 0.05) is 5.25 Å². The van der Waals surface area contributed by atoms with Gasteiger partial charge in [0.15, 0.2) is 0 Å². The molecular weight excluding hydrogens is 276 g/mol. The van der Waals surface area contributed by atoms with Crippen molar-refractivity contribution < 1.29 is 5.11 Å². The number of nitrogens with two attached hydrogens (primary N) is 1. The predicted octanol–water partition coefficient (Wildman–Crippen LogP) is 2.60. The van der Waals surface area contributed by atoms with Crippen LogP contribution in [0, 0.1) is 6.92 Å². The van der Waals surface area contributed by atoms with Crippen molar-refractivity contribution in [1.29, 1.82) is 0 Å². The number of nitrogen functional groups attached to an aromatic ring is 1. The molecule has 0 aliphatic heterocycles. The van der Waals surface area contributed by atoms with E-state index in [2.05, 4.69) is 20.9 Å². The van der Waals surface area contributed by atoms with Crippen molar-refractivity contribution in [3.63, 3.8) is 0 Å². The number of aromatic nitrogens is 1. The average molecular weight is 291 g/mol. The molecule has 2 atom stereocenters. The Morgan fingerprint density at radius 1 is 1.53 bits per heavy atom. The van der Waals surface area contributed by atoms with E-state index in [9.17, 15) is 5.11 Å². The smallest absolute Gasteiger partial charge is 0.111 e. The quantitative estimate of drug-likeness (QED) is 0.840. The van der Waals surface area contributed by atoms with Gasteiger partial charge in [-0.2, -0.15) is 0 Å². The van der Waals surface area contributed by atoms with E-state index in [1.54, 1.807) is 13.1 Å². The summed E-state index contributed by atoms with van der Waals surface area (Å²) in [5.74, 6) is 0. The Balaban J connectivity index is 2.92. The van der Waals surface area contributed by atoms with Crippen LogP contribution < -0.4 is 5.73 Å². The number of nitrogens with zero attached hydrogens (tertiary/aromatic N) is 1. The summed E-state index contributed by atoms with van der Waals surface area (Å²) in [5, 5.41) is 10.4. The van der Waals surface area contributed by atoms with Gasteiger partial charge >= 0.3 is 0 Å². The standard InChI is InChI=1S/C10H15BrN2OS/c1-5-8(12)4-13-10(9(5)11)15-7(3)6(2)14/h4,6-7,14H,12H2,1-3H3. The summed E-state index contributed by atoms with van der Waals surface area (Å²) in [6.45, 7) is 5.68. The Kier molecular flexibility index (Phi) is 4.43. The molecule has 0 saturated carbocycles. The molecule has 15 heavy (non-hydrogen) atoms. The summed E-state index contributed by atoms with van der Waals surface area (Å²) in [6.07, 6.45) is 1.29. The van der Waals surface area contributed by atoms with E-state index in [4.69, 9.17) is 5.73 Å². The van der Waals surface area contributed by atoms with Gasteiger partial charge < -0.3 is 10.8 Å². The third kappa shape index (κ3) is 3.09. The lowest BCUT2D eigenvalue weighted by Gasteiger charge is -2.15. The normalized spacial score (nSPS) is 15.0. The topological polar surface area (TPSA) is 59.1 Å². The van der Waals surface area contributed by atoms with Crippen molar-refractivity contribution in [2.24, 2.45) is 0 Å². The molecular formula is C10H15BrN2OS. The van der Waals surface area contributed by atoms with Gasteiger partial charge in [-0.05, 0) is 35.3 Å². The molecule has 1 heterocycles. The second-order valence-corrected chi connectivity index (χ2v) is 5.68. The van der Waals surface area contributed by atoms with E-state index in [0.717, 1.165) is 15.1 Å². The lowest BCUT2D eigenvalue weighted by molar-refractivity contribution is 0.196. The van der Waals surface area contributed by atoms with Gasteiger partial charge in [0.2, 0.25) is 0 Å². The van der Waals surface area contributed by atoms with Crippen LogP contribution in [0.15, 0.2) is 15.7 Å². The molecule has 2 unspecified atom stereocenters. The number of hydrogen-bond acceptors (Lipinski definition) is 4. The van der Waals surface area contributed by atoms with Gasteiger partial charge in [-0.25, -0.2) is 4.98 Å². The molecule has 0 saturated heterocycles. The first kappa shape index (κ1) is 12.8. The average Bonchev–Trinajstić information content (AvgIpc) is 2.18. The third-order valence-corrected chi connectivity index (χ3v) is 4.78. The number of halogens is 1. The van der Waals surface area contributed by atoms with Crippen LogP contribution in [0.5, 0.6) is 0 Å². The predicted molar refractivity (Wildman–Crippen MR) is 68.1 cm³/mol. The fraction of sp³-hybridized carbons (Fsp3) is 0.500. The first-order chi connectivity index (χ1) is 6.93. The second kappa shape index (κ2) is 5.18. The first-order valence-electron chi connectivity index (χ1n) is 4.68. The number of thioether (sulfide) groups is 1. The van der Waals surface area contributed by atoms with Gasteiger partial charge in [0.1, 0.15) is 5.03 Å². The highest BCUT2D eigenvalue weighted by molar-refractivity contribution is 9.10. The zero-order valence-corrected chi connectivity index (χ0v) is 11.4. The van der Waals surface area contributed by atoms with E-state index in [0.29, 0.717) is 5.69 Å². The van der Waals surface area contributed by atoms with Crippen LogP contribution in [-0.2, 0) is 0 Å². The van der Waals surface area contributed by atoms with Crippen molar-refractivity contribution in [3.05, 3.63) is 16.2 Å². The van der Waals surface area contributed by atoms with Crippen LogP contribution in [0.1, 0.15) is 19.4 Å². The molecule has 1 aromatic heterocycles. The van der Waals surface area contributed by atoms with E-state index < -0.39 is 0 Å². The Hall–Kier alpha value is -0.260. The van der Waals surface area contributed by atoms with Crippen molar-refractivity contribution in [3.8, 4) is 0 Å². The van der Waals surface area contributed by atoms with Crippen molar-refractivity contribution in [2.75, 3.05) is 5.73 Å². The number of pyridine rings is 1. The number of aliphatic hydroxyl groups excluding tert-OH is 1. The maximum absolute atomic E-state index is 9.41. The van der Waals surface area contributed by atoms with Gasteiger partial charge in [0.05, 0.1) is 22.5 Å². The van der Waals surface area contributed by atoms with Gasteiger partial charge in [0.25, 0.3) is 0 Å². The SMILES string of the molecule is Cc1c(N)cnc(SC(C)C(C)O)c1Br. The van der Waals surface area contributed by atoms with Crippen LogP contribution in [0.25, 0.3) is 0 Å². The zero-order chi connectivity index (χ0) is 11.6. The van der Waals surface area contributed by atoms with E-state index in [1.165, 1.54) is 11.8 Å². The molecule has 3 nitrogen and oxygen atoms in total. The maximum atomic E-state index is 9.41. The lowest BCUT2D eigenvalue weighted by Crippen LogP contribution is -2.15. The zero-order valence-electron chi connectivity index (χ0n) is 8.99. The van der Waals surface area contributed by atoms with E-state index in [1.807, 2.05) is 13.8 Å². The van der Waals surface area contributed by atoms with Crippen LogP contribution >= 0.6 is 27.7 Å². The molecule has 5 heteroatoms. The fourth-order valence-corrected chi connectivity index (χ4v) is 2.46. The molecule has 0 bridgehead atoms. The van der Waals surface area contributed by atoms with Crippen molar-refractivity contribution in [1.82, 2.24) is 4.98 Å². The van der Waals surface area contributed by atoms with Crippen LogP contribution in [-0.4, -0.2) is 21.4 Å². The highest BCUT2D eigenvalue weighted by Crippen LogP contribution is 2.33. The summed E-state index contributed by atoms with van der Waals surface area (Å²) >= 11 is 5.00. The summed E-state index contributed by atoms with van der Waals surface area (Å²) in [6, 6.07) is 0. The van der Waals surface area contributed by atoms with Crippen LogP contribution in [0.4, 0.5) is 5.69 Å². The number of anilines is 1. The molecule has 0 spiro atoms. The minimum atomic E-state index is -0.360. The van der Waals surface area contributed by atoms with Crippen LogP contribution in [0.3, 0.4) is 0 Å². The summed E-state index contributed by atoms with van der Waals surface area (Å²) in [5.41, 5.74) is 7.40. The maximum Gasteiger partial charge on any atom is 0.111 e. The lowest BCUT2D eigenvalue weighted by atomic mass is 10.3. The molecule has 0 aromatic carbocycles. The fourth-order valence-electron chi connectivity index (χ4n) is 0.926. The Morgan fingerprint density at radius 3 is 2.67 bits per heavy atom. The minimum absolute atomic E-state index is 0.108. The summed E-state index contributed by atoms with van der Waals surface area (Å²) in [4.78, 5) is 4.24. The van der Waals surface area contributed by atoms with Gasteiger partial charge in [-0.3, -0.25) is 0 Å². The number of hydrogen-bond donors (Lipinski definition) is 2. The Bertz CT molecular complexity index is 358. The molecule has 0 aliphatic carbocycles. The second-order valence-electron chi connectivity index (χ2n) is 3.52. The Labute approximate surface area is 103 Å². The molecule has 3 N–H and O–H groups in total. The van der Waals surface area contributed by atoms with Gasteiger partial charge in [-0.1, -0.05) is 18.7 Å². The molecule has 84 valence electrons. The van der Waals surface area contributed by atoms with E-state index in [-0.39, 0.29) is 11.4 Å². The molecule has 0 fully saturated rings. The molecule has 1 aromatic rings. The number of rotatable bonds is 3. The minimum Gasteiger partial charge on any atom is -0.397 e. The monoisotopic (exact) mass is 290 g/mol. The van der Waals surface area contributed by atoms with Crippen molar-refractivity contribution >= 4 is 33.4 Å². The summed E-state index contributed by atoms with van der Waals surface area (Å²) < 4.78 is 0.917. The molecule has 0 amide bonds.